The molecule has 0 aliphatic carbocycles. The number of amides is 1. The lowest BCUT2D eigenvalue weighted by atomic mass is 9.55. The summed E-state index contributed by atoms with van der Waals surface area (Å²) in [4.78, 5) is 32.1. The molecule has 3 aliphatic rings. The molecule has 0 saturated carbocycles. The van der Waals surface area contributed by atoms with E-state index in [-0.39, 0.29) is 17.7 Å². The van der Waals surface area contributed by atoms with Crippen LogP contribution in [0.1, 0.15) is 34.2 Å². The van der Waals surface area contributed by atoms with Gasteiger partial charge in [-0.05, 0) is 48.0 Å². The van der Waals surface area contributed by atoms with Gasteiger partial charge in [0.2, 0.25) is 0 Å². The molecule has 0 radical (unpaired) electrons. The number of nitrogens with one attached hydrogen (secondary N) is 2. The molecule has 4 atom stereocenters. The third kappa shape index (κ3) is 3.85. The number of nitrogens with zero attached hydrogens (tertiary/aromatic N) is 1. The number of para-hydroxylation sites is 1. The molecule has 210 valence electrons. The molecule has 3 aliphatic heterocycles. The summed E-state index contributed by atoms with van der Waals surface area (Å²) in [6.45, 7) is 0.774. The summed E-state index contributed by atoms with van der Waals surface area (Å²) in [6, 6.07) is 32.5. The van der Waals surface area contributed by atoms with Crippen LogP contribution in [0.15, 0.2) is 109 Å². The average Bonchev–Trinajstić information content (AvgIpc) is 3.45. The number of carbonyl (C=O) groups is 2. The van der Waals surface area contributed by atoms with Crippen molar-refractivity contribution in [1.82, 2.24) is 10.2 Å². The Morgan fingerprint density at radius 3 is 2.26 bits per heavy atom. The molecular formula is C35H29Cl2N3O2. The van der Waals surface area contributed by atoms with E-state index in [2.05, 4.69) is 15.5 Å². The van der Waals surface area contributed by atoms with Crippen molar-refractivity contribution >= 4 is 46.7 Å². The van der Waals surface area contributed by atoms with Crippen molar-refractivity contribution in [1.29, 1.82) is 0 Å². The van der Waals surface area contributed by atoms with Crippen LogP contribution in [0.25, 0.3) is 6.08 Å². The zero-order valence-electron chi connectivity index (χ0n) is 23.0. The normalized spacial score (nSPS) is 28.0. The number of ketones is 1. The van der Waals surface area contributed by atoms with Crippen molar-refractivity contribution in [2.75, 3.05) is 25.5 Å². The number of fused-ring (bicyclic) bond motifs is 3. The zero-order chi connectivity index (χ0) is 29.1. The van der Waals surface area contributed by atoms with Crippen LogP contribution < -0.4 is 10.6 Å². The summed E-state index contributed by atoms with van der Waals surface area (Å²) in [5.74, 6) is -0.793. The number of anilines is 1. The topological polar surface area (TPSA) is 61.4 Å². The molecule has 0 bridgehead atoms. The minimum absolute atomic E-state index is 0.0803. The van der Waals surface area contributed by atoms with Crippen LogP contribution in [0.3, 0.4) is 0 Å². The van der Waals surface area contributed by atoms with Crippen LogP contribution in [-0.4, -0.2) is 36.7 Å². The van der Waals surface area contributed by atoms with Gasteiger partial charge in [-0.15, -0.1) is 0 Å². The maximum Gasteiger partial charge on any atom is 0.250 e. The van der Waals surface area contributed by atoms with E-state index < -0.39 is 16.9 Å². The van der Waals surface area contributed by atoms with Crippen LogP contribution in [0.5, 0.6) is 0 Å². The second-order valence-corrected chi connectivity index (χ2v) is 12.3. The first-order valence-electron chi connectivity index (χ1n) is 14.0. The smallest absolute Gasteiger partial charge is 0.250 e. The Hall–Kier alpha value is -3.74. The fraction of sp³-hybridized carbons (Fsp3) is 0.200. The first kappa shape index (κ1) is 27.1. The van der Waals surface area contributed by atoms with Gasteiger partial charge in [0.05, 0.1) is 5.41 Å². The minimum atomic E-state index is -1.36. The monoisotopic (exact) mass is 593 g/mol. The highest BCUT2D eigenvalue weighted by Crippen LogP contribution is 2.66. The van der Waals surface area contributed by atoms with E-state index in [0.29, 0.717) is 34.4 Å². The van der Waals surface area contributed by atoms with Crippen molar-refractivity contribution in [3.63, 3.8) is 0 Å². The van der Waals surface area contributed by atoms with Gasteiger partial charge in [0, 0.05) is 51.9 Å². The second kappa shape index (κ2) is 10.2. The molecule has 4 aromatic carbocycles. The van der Waals surface area contributed by atoms with Gasteiger partial charge >= 0.3 is 0 Å². The molecule has 7 rings (SSSR count). The van der Waals surface area contributed by atoms with E-state index in [1.165, 1.54) is 0 Å². The molecule has 42 heavy (non-hydrogen) atoms. The van der Waals surface area contributed by atoms with Crippen LogP contribution >= 0.6 is 23.2 Å². The first-order valence-corrected chi connectivity index (χ1v) is 14.8. The molecule has 4 aromatic rings. The summed E-state index contributed by atoms with van der Waals surface area (Å²) < 4.78 is 0. The number of benzene rings is 4. The Labute approximate surface area is 255 Å². The maximum atomic E-state index is 15.4. The number of hydrogen-bond acceptors (Lipinski definition) is 4. The predicted octanol–water partition coefficient (Wildman–Crippen LogP) is 6.85. The number of halogens is 2. The Morgan fingerprint density at radius 2 is 1.50 bits per heavy atom. The highest BCUT2D eigenvalue weighted by molar-refractivity contribution is 6.32. The molecular weight excluding hydrogens is 565 g/mol. The third-order valence-electron chi connectivity index (χ3n) is 9.12. The third-order valence-corrected chi connectivity index (χ3v) is 9.80. The number of rotatable bonds is 3. The maximum absolute atomic E-state index is 15.4. The molecule has 2 saturated heterocycles. The minimum Gasteiger partial charge on any atom is -0.324 e. The van der Waals surface area contributed by atoms with Crippen molar-refractivity contribution in [3.05, 3.63) is 141 Å². The molecule has 1 amide bonds. The van der Waals surface area contributed by atoms with Gasteiger partial charge in [-0.3, -0.25) is 14.9 Å². The quantitative estimate of drug-likeness (QED) is 0.255. The lowest BCUT2D eigenvalue weighted by Crippen LogP contribution is -2.65. The van der Waals surface area contributed by atoms with Gasteiger partial charge in [0.1, 0.15) is 5.54 Å². The van der Waals surface area contributed by atoms with Gasteiger partial charge in [-0.2, -0.15) is 0 Å². The summed E-state index contributed by atoms with van der Waals surface area (Å²) in [5.41, 5.74) is 2.03. The number of piperidine rings is 1. The Balaban J connectivity index is 1.56. The zero-order valence-corrected chi connectivity index (χ0v) is 24.5. The summed E-state index contributed by atoms with van der Waals surface area (Å²) in [6.07, 6.45) is 1.88. The molecule has 2 spiro atoms. The molecule has 2 fully saturated rings. The van der Waals surface area contributed by atoms with E-state index in [1.807, 2.05) is 116 Å². The number of carbonyl (C=O) groups excluding carboxylic acids is 2. The van der Waals surface area contributed by atoms with Gasteiger partial charge in [0.25, 0.3) is 5.91 Å². The van der Waals surface area contributed by atoms with Crippen LogP contribution in [-0.2, 0) is 15.1 Å². The molecule has 3 heterocycles. The molecule has 0 unspecified atom stereocenters. The van der Waals surface area contributed by atoms with Crippen molar-refractivity contribution < 1.29 is 9.59 Å². The van der Waals surface area contributed by atoms with Crippen LogP contribution in [0.2, 0.25) is 10.0 Å². The average molecular weight is 595 g/mol. The van der Waals surface area contributed by atoms with E-state index in [4.69, 9.17) is 23.2 Å². The lowest BCUT2D eigenvalue weighted by Gasteiger charge is -2.49. The molecule has 2 N–H and O–H groups in total. The van der Waals surface area contributed by atoms with Crippen molar-refractivity contribution in [2.45, 2.75) is 17.5 Å². The summed E-state index contributed by atoms with van der Waals surface area (Å²) in [7, 11) is 2.00. The van der Waals surface area contributed by atoms with Gasteiger partial charge in [0.15, 0.2) is 5.78 Å². The number of likely N-dealkylation sites (N-methyl/N-ethyl adjacent to an activating group) is 1. The largest absolute Gasteiger partial charge is 0.324 e. The highest BCUT2D eigenvalue weighted by Gasteiger charge is 2.75. The lowest BCUT2D eigenvalue weighted by molar-refractivity contribution is -0.141. The number of likely N-dealkylation sites (tertiary alicyclic amines) is 1. The van der Waals surface area contributed by atoms with Crippen LogP contribution in [0, 0.1) is 5.41 Å². The Kier molecular flexibility index (Phi) is 6.59. The van der Waals surface area contributed by atoms with E-state index in [0.717, 1.165) is 22.3 Å². The summed E-state index contributed by atoms with van der Waals surface area (Å²) in [5, 5.41) is 8.05. The number of Topliss-reactive ketones (excluding diaryl/α,β-unsaturated/α-hetero) is 1. The Bertz CT molecular complexity index is 1760. The van der Waals surface area contributed by atoms with E-state index in [9.17, 15) is 4.79 Å². The van der Waals surface area contributed by atoms with E-state index in [1.54, 1.807) is 0 Å². The predicted molar refractivity (Wildman–Crippen MR) is 168 cm³/mol. The standard InChI is InChI=1S/C35H29Cl2N3O2/c1-40-20-24(19-23-13-5-8-16-27(23)36)32(41)34(21-40)30(25-14-6-9-17-28(25)37)31(22-11-3-2-4-12-22)39-35(34)26-15-7-10-18-29(26)38-33(35)42/h2-19,30-31,39H,20-21H2,1H3,(H,38,42)/b24-19+/t30-,31+,34+,35+/m0/s1. The first-order chi connectivity index (χ1) is 20.4. The summed E-state index contributed by atoms with van der Waals surface area (Å²) >= 11 is 13.6. The number of hydrogen-bond donors (Lipinski definition) is 2. The van der Waals surface area contributed by atoms with Gasteiger partial charge in [-0.25, -0.2) is 0 Å². The highest BCUT2D eigenvalue weighted by atomic mass is 35.5. The van der Waals surface area contributed by atoms with Crippen molar-refractivity contribution in [3.8, 4) is 0 Å². The van der Waals surface area contributed by atoms with Gasteiger partial charge < -0.3 is 10.2 Å². The second-order valence-electron chi connectivity index (χ2n) is 11.4. The fourth-order valence-corrected chi connectivity index (χ4v) is 7.98. The van der Waals surface area contributed by atoms with E-state index >= 15 is 4.79 Å². The fourth-order valence-electron chi connectivity index (χ4n) is 7.54. The molecule has 5 nitrogen and oxygen atoms in total. The van der Waals surface area contributed by atoms with Crippen molar-refractivity contribution in [2.24, 2.45) is 5.41 Å². The molecule has 0 aromatic heterocycles. The van der Waals surface area contributed by atoms with Gasteiger partial charge in [-0.1, -0.05) is 108 Å². The Morgan fingerprint density at radius 1 is 0.833 bits per heavy atom. The van der Waals surface area contributed by atoms with Crippen LogP contribution in [0.4, 0.5) is 5.69 Å². The molecule has 7 heteroatoms. The SMILES string of the molecule is CN1C/C(=C\c2ccccc2Cl)C(=O)[C@@]2(C1)[C@@H](c1ccccc1Cl)[C@@H](c1ccccc1)N[C@]21C(=O)Nc2ccccc21.